The number of hydrogen-bond donors (Lipinski definition) is 2. The van der Waals surface area contributed by atoms with Crippen LogP contribution >= 0.6 is 23.2 Å². The van der Waals surface area contributed by atoms with Crippen molar-refractivity contribution in [2.45, 2.75) is 20.0 Å². The van der Waals surface area contributed by atoms with Gasteiger partial charge in [0, 0.05) is 35.6 Å². The van der Waals surface area contributed by atoms with Crippen LogP contribution in [0.3, 0.4) is 0 Å². The zero-order chi connectivity index (χ0) is 13.8. The topological polar surface area (TPSA) is 45.1 Å². The average molecular weight is 297 g/mol. The molecule has 2 rings (SSSR count). The zero-order valence-corrected chi connectivity index (χ0v) is 12.0. The summed E-state index contributed by atoms with van der Waals surface area (Å²) in [4.78, 5) is 4.22. The van der Waals surface area contributed by atoms with E-state index in [4.69, 9.17) is 23.2 Å². The maximum Gasteiger partial charge on any atom is 0.138 e. The van der Waals surface area contributed by atoms with Crippen LogP contribution in [0.25, 0.3) is 0 Å². The van der Waals surface area contributed by atoms with Gasteiger partial charge in [-0.3, -0.25) is 4.98 Å². The summed E-state index contributed by atoms with van der Waals surface area (Å²) < 4.78 is 0. The third-order valence-electron chi connectivity index (χ3n) is 2.72. The first-order chi connectivity index (χ1) is 9.06. The predicted octanol–water partition coefficient (Wildman–Crippen LogP) is 3.69. The maximum absolute atomic E-state index is 9.81. The standard InChI is InChI=1S/C14H14Cl2N2O/c1-9-2-3-10(7-18-9)6-17-8-11-4-12(15)5-13(16)14(11)19/h2-5,7,17,19H,6,8H2,1H3. The number of nitrogens with zero attached hydrogens (tertiary/aromatic N) is 1. The van der Waals surface area contributed by atoms with Crippen molar-refractivity contribution in [3.63, 3.8) is 0 Å². The van der Waals surface area contributed by atoms with Gasteiger partial charge in [0.2, 0.25) is 0 Å². The Labute approximate surface area is 122 Å². The lowest BCUT2D eigenvalue weighted by Crippen LogP contribution is -2.13. The molecule has 0 aliphatic carbocycles. The third-order valence-corrected chi connectivity index (χ3v) is 3.23. The van der Waals surface area contributed by atoms with Crippen LogP contribution in [0.15, 0.2) is 30.5 Å². The highest BCUT2D eigenvalue weighted by Crippen LogP contribution is 2.30. The van der Waals surface area contributed by atoms with Gasteiger partial charge in [-0.1, -0.05) is 29.3 Å². The summed E-state index contributed by atoms with van der Waals surface area (Å²) >= 11 is 11.8. The Bertz CT molecular complexity index is 570. The van der Waals surface area contributed by atoms with Crippen molar-refractivity contribution in [3.8, 4) is 5.75 Å². The van der Waals surface area contributed by atoms with Crippen molar-refractivity contribution in [1.29, 1.82) is 0 Å². The molecule has 2 aromatic rings. The minimum Gasteiger partial charge on any atom is -0.506 e. The van der Waals surface area contributed by atoms with Gasteiger partial charge in [-0.25, -0.2) is 0 Å². The predicted molar refractivity (Wildman–Crippen MR) is 77.6 cm³/mol. The highest BCUT2D eigenvalue weighted by atomic mass is 35.5. The number of pyridine rings is 1. The van der Waals surface area contributed by atoms with Gasteiger partial charge in [0.25, 0.3) is 0 Å². The van der Waals surface area contributed by atoms with E-state index in [0.29, 0.717) is 23.7 Å². The second-order valence-corrected chi connectivity index (χ2v) is 5.15. The van der Waals surface area contributed by atoms with E-state index in [9.17, 15) is 5.11 Å². The molecule has 19 heavy (non-hydrogen) atoms. The Kier molecular flexibility index (Phi) is 4.64. The molecule has 0 bridgehead atoms. The monoisotopic (exact) mass is 296 g/mol. The molecule has 0 aliphatic heterocycles. The van der Waals surface area contributed by atoms with E-state index in [0.717, 1.165) is 11.3 Å². The minimum absolute atomic E-state index is 0.0700. The van der Waals surface area contributed by atoms with Crippen LogP contribution in [-0.2, 0) is 13.1 Å². The third kappa shape index (κ3) is 3.83. The molecule has 100 valence electrons. The van der Waals surface area contributed by atoms with E-state index < -0.39 is 0 Å². The number of hydrogen-bond acceptors (Lipinski definition) is 3. The number of phenolic OH excluding ortho intramolecular Hbond substituents is 1. The van der Waals surface area contributed by atoms with Gasteiger partial charge < -0.3 is 10.4 Å². The van der Waals surface area contributed by atoms with Crippen LogP contribution in [0.4, 0.5) is 0 Å². The van der Waals surface area contributed by atoms with E-state index in [1.807, 2.05) is 25.3 Å². The first-order valence-electron chi connectivity index (χ1n) is 5.85. The highest BCUT2D eigenvalue weighted by Gasteiger charge is 2.07. The molecule has 2 N–H and O–H groups in total. The SMILES string of the molecule is Cc1ccc(CNCc2cc(Cl)cc(Cl)c2O)cn1. The van der Waals surface area contributed by atoms with Gasteiger partial charge in [0.1, 0.15) is 5.75 Å². The summed E-state index contributed by atoms with van der Waals surface area (Å²) in [6, 6.07) is 7.19. The van der Waals surface area contributed by atoms with Gasteiger partial charge in [-0.05, 0) is 30.7 Å². The molecule has 5 heteroatoms. The Morgan fingerprint density at radius 1 is 1.21 bits per heavy atom. The Morgan fingerprint density at radius 3 is 2.68 bits per heavy atom. The lowest BCUT2D eigenvalue weighted by molar-refractivity contribution is 0.464. The van der Waals surface area contributed by atoms with Crippen LogP contribution in [-0.4, -0.2) is 10.1 Å². The molecule has 0 unspecified atom stereocenters. The lowest BCUT2D eigenvalue weighted by Gasteiger charge is -2.09. The first-order valence-corrected chi connectivity index (χ1v) is 6.61. The van der Waals surface area contributed by atoms with Crippen molar-refractivity contribution < 1.29 is 5.11 Å². The van der Waals surface area contributed by atoms with Crippen LogP contribution in [0.5, 0.6) is 5.75 Å². The Balaban J connectivity index is 1.98. The Hall–Kier alpha value is -1.29. The van der Waals surface area contributed by atoms with E-state index in [1.165, 1.54) is 6.07 Å². The van der Waals surface area contributed by atoms with Crippen LogP contribution in [0.1, 0.15) is 16.8 Å². The number of phenols is 1. The quantitative estimate of drug-likeness (QED) is 0.904. The van der Waals surface area contributed by atoms with Gasteiger partial charge in [0.05, 0.1) is 5.02 Å². The lowest BCUT2D eigenvalue weighted by atomic mass is 10.2. The van der Waals surface area contributed by atoms with Crippen LogP contribution < -0.4 is 5.32 Å². The number of halogens is 2. The van der Waals surface area contributed by atoms with E-state index in [2.05, 4.69) is 10.3 Å². The van der Waals surface area contributed by atoms with Crippen molar-refractivity contribution in [1.82, 2.24) is 10.3 Å². The molecule has 0 atom stereocenters. The number of aromatic nitrogens is 1. The molecule has 0 aliphatic rings. The second-order valence-electron chi connectivity index (χ2n) is 4.31. The van der Waals surface area contributed by atoms with Gasteiger partial charge in [-0.15, -0.1) is 0 Å². The normalized spacial score (nSPS) is 10.7. The smallest absolute Gasteiger partial charge is 0.138 e. The van der Waals surface area contributed by atoms with Crippen molar-refractivity contribution in [2.24, 2.45) is 0 Å². The van der Waals surface area contributed by atoms with Crippen LogP contribution in [0.2, 0.25) is 10.0 Å². The highest BCUT2D eigenvalue weighted by molar-refractivity contribution is 6.35. The molecule has 3 nitrogen and oxygen atoms in total. The largest absolute Gasteiger partial charge is 0.506 e. The summed E-state index contributed by atoms with van der Waals surface area (Å²) in [6.07, 6.45) is 1.83. The fourth-order valence-corrected chi connectivity index (χ4v) is 2.23. The number of rotatable bonds is 4. The van der Waals surface area contributed by atoms with E-state index >= 15 is 0 Å². The summed E-state index contributed by atoms with van der Waals surface area (Å²) in [5.74, 6) is 0.0700. The fourth-order valence-electron chi connectivity index (χ4n) is 1.70. The molecule has 0 saturated carbocycles. The molecule has 0 amide bonds. The van der Waals surface area contributed by atoms with Crippen molar-refractivity contribution >= 4 is 23.2 Å². The molecule has 0 spiro atoms. The number of nitrogens with one attached hydrogen (secondary N) is 1. The fraction of sp³-hybridized carbons (Fsp3) is 0.214. The molecule has 1 heterocycles. The number of aromatic hydroxyl groups is 1. The molecule has 0 fully saturated rings. The summed E-state index contributed by atoms with van der Waals surface area (Å²) in [6.45, 7) is 3.10. The summed E-state index contributed by atoms with van der Waals surface area (Å²) in [5, 5.41) is 13.8. The number of benzene rings is 1. The summed E-state index contributed by atoms with van der Waals surface area (Å²) in [5.41, 5.74) is 2.75. The zero-order valence-electron chi connectivity index (χ0n) is 10.5. The van der Waals surface area contributed by atoms with E-state index in [1.54, 1.807) is 6.07 Å². The first kappa shape index (κ1) is 14.1. The molecular formula is C14H14Cl2N2O. The van der Waals surface area contributed by atoms with Gasteiger partial charge in [-0.2, -0.15) is 0 Å². The minimum atomic E-state index is 0.0700. The molecule has 1 aromatic carbocycles. The second kappa shape index (κ2) is 6.24. The van der Waals surface area contributed by atoms with Gasteiger partial charge >= 0.3 is 0 Å². The maximum atomic E-state index is 9.81. The summed E-state index contributed by atoms with van der Waals surface area (Å²) in [7, 11) is 0. The van der Waals surface area contributed by atoms with Crippen LogP contribution in [0, 0.1) is 6.92 Å². The average Bonchev–Trinajstić information content (AvgIpc) is 2.37. The van der Waals surface area contributed by atoms with Crippen molar-refractivity contribution in [2.75, 3.05) is 0 Å². The van der Waals surface area contributed by atoms with Crippen molar-refractivity contribution in [3.05, 3.63) is 57.3 Å². The van der Waals surface area contributed by atoms with Gasteiger partial charge in [0.15, 0.2) is 0 Å². The molecule has 0 saturated heterocycles. The molecule has 0 radical (unpaired) electrons. The molecular weight excluding hydrogens is 283 g/mol. The molecule has 1 aromatic heterocycles. The Morgan fingerprint density at radius 2 is 2.00 bits per heavy atom. The number of aryl methyl sites for hydroxylation is 1. The van der Waals surface area contributed by atoms with E-state index in [-0.39, 0.29) is 10.8 Å².